The van der Waals surface area contributed by atoms with E-state index in [1.54, 1.807) is 0 Å². The lowest BCUT2D eigenvalue weighted by atomic mass is 10.1. The fourth-order valence-corrected chi connectivity index (χ4v) is 2.82. The Labute approximate surface area is 105 Å². The van der Waals surface area contributed by atoms with Crippen LogP contribution in [0.15, 0.2) is 6.20 Å². The Morgan fingerprint density at radius 1 is 1.35 bits per heavy atom. The highest BCUT2D eigenvalue weighted by molar-refractivity contribution is 5.18. The van der Waals surface area contributed by atoms with Crippen LogP contribution in [-0.2, 0) is 13.0 Å². The zero-order valence-electron chi connectivity index (χ0n) is 11.2. The largest absolute Gasteiger partial charge is 0.313 e. The third kappa shape index (κ3) is 2.89. The summed E-state index contributed by atoms with van der Waals surface area (Å²) < 4.78 is 2.30. The minimum atomic E-state index is 0.671. The van der Waals surface area contributed by atoms with Crippen molar-refractivity contribution in [3.63, 3.8) is 0 Å². The van der Waals surface area contributed by atoms with E-state index in [-0.39, 0.29) is 0 Å². The Bertz CT molecular complexity index is 337. The maximum Gasteiger partial charge on any atom is 0.0537 e. The first-order chi connectivity index (χ1) is 8.36. The third-order valence-corrected chi connectivity index (χ3v) is 3.73. The molecule has 0 radical (unpaired) electrons. The Morgan fingerprint density at radius 2 is 2.12 bits per heavy atom. The van der Waals surface area contributed by atoms with Crippen molar-refractivity contribution < 1.29 is 0 Å². The molecule has 0 aliphatic heterocycles. The van der Waals surface area contributed by atoms with Gasteiger partial charge in [0.25, 0.3) is 0 Å². The third-order valence-electron chi connectivity index (χ3n) is 3.73. The number of hydrogen-bond donors (Lipinski definition) is 1. The summed E-state index contributed by atoms with van der Waals surface area (Å²) >= 11 is 0. The predicted molar refractivity (Wildman–Crippen MR) is 71.1 cm³/mol. The molecule has 0 spiro atoms. The van der Waals surface area contributed by atoms with Crippen LogP contribution in [0.25, 0.3) is 0 Å². The molecule has 1 aromatic rings. The lowest BCUT2D eigenvalue weighted by Crippen LogP contribution is -2.16. The van der Waals surface area contributed by atoms with Crippen molar-refractivity contribution in [3.8, 4) is 0 Å². The molecule has 1 aromatic heterocycles. The average molecular weight is 235 g/mol. The van der Waals surface area contributed by atoms with Gasteiger partial charge >= 0.3 is 0 Å². The smallest absolute Gasteiger partial charge is 0.0537 e. The van der Waals surface area contributed by atoms with Gasteiger partial charge in [-0.2, -0.15) is 5.10 Å². The predicted octanol–water partition coefficient (Wildman–Crippen LogP) is 3.06. The van der Waals surface area contributed by atoms with Crippen molar-refractivity contribution in [2.24, 2.45) is 0 Å². The van der Waals surface area contributed by atoms with E-state index in [1.165, 1.54) is 43.4 Å². The molecule has 1 saturated carbocycles. The molecule has 1 aliphatic rings. The van der Waals surface area contributed by atoms with Crippen molar-refractivity contribution in [2.75, 3.05) is 6.54 Å². The van der Waals surface area contributed by atoms with E-state index in [9.17, 15) is 0 Å². The molecule has 1 heterocycles. The van der Waals surface area contributed by atoms with Crippen LogP contribution in [0.1, 0.15) is 63.3 Å². The molecular formula is C14H25N3. The van der Waals surface area contributed by atoms with Crippen molar-refractivity contribution >= 4 is 0 Å². The fourth-order valence-electron chi connectivity index (χ4n) is 2.82. The summed E-state index contributed by atoms with van der Waals surface area (Å²) in [6.07, 6.45) is 9.74. The van der Waals surface area contributed by atoms with Gasteiger partial charge in [-0.25, -0.2) is 0 Å². The van der Waals surface area contributed by atoms with Gasteiger partial charge in [0.2, 0.25) is 0 Å². The molecule has 1 aliphatic carbocycles. The zero-order chi connectivity index (χ0) is 12.1. The summed E-state index contributed by atoms with van der Waals surface area (Å²) in [5.41, 5.74) is 2.84. The molecule has 0 unspecified atom stereocenters. The lowest BCUT2D eigenvalue weighted by molar-refractivity contribution is 0.450. The van der Waals surface area contributed by atoms with E-state index in [4.69, 9.17) is 0 Å². The van der Waals surface area contributed by atoms with Crippen LogP contribution in [0.3, 0.4) is 0 Å². The van der Waals surface area contributed by atoms with Crippen molar-refractivity contribution in [1.29, 1.82) is 0 Å². The van der Waals surface area contributed by atoms with Gasteiger partial charge in [0.15, 0.2) is 0 Å². The Kier molecular flexibility index (Phi) is 4.60. The molecule has 96 valence electrons. The molecule has 1 fully saturated rings. The quantitative estimate of drug-likeness (QED) is 0.768. The van der Waals surface area contributed by atoms with E-state index in [2.05, 4.69) is 35.1 Å². The normalized spacial score (nSPS) is 16.8. The molecule has 0 atom stereocenters. The van der Waals surface area contributed by atoms with Gasteiger partial charge in [0.05, 0.1) is 12.2 Å². The molecule has 2 rings (SSSR count). The minimum Gasteiger partial charge on any atom is -0.313 e. The Balaban J connectivity index is 2.06. The van der Waals surface area contributed by atoms with Crippen LogP contribution in [0.5, 0.6) is 0 Å². The fraction of sp³-hybridized carbons (Fsp3) is 0.786. The molecule has 0 bridgehead atoms. The molecule has 3 heteroatoms. The summed E-state index contributed by atoms with van der Waals surface area (Å²) in [5.74, 6) is 0. The SMILES string of the molecule is CCCNCc1cnn(C2CCCC2)c1CC. The zero-order valence-corrected chi connectivity index (χ0v) is 11.2. The first kappa shape index (κ1) is 12.6. The minimum absolute atomic E-state index is 0.671. The Hall–Kier alpha value is -0.830. The summed E-state index contributed by atoms with van der Waals surface area (Å²) in [6, 6.07) is 0.671. The van der Waals surface area contributed by atoms with E-state index >= 15 is 0 Å². The van der Waals surface area contributed by atoms with Gasteiger partial charge in [-0.15, -0.1) is 0 Å². The van der Waals surface area contributed by atoms with Gasteiger partial charge < -0.3 is 5.32 Å². The van der Waals surface area contributed by atoms with Crippen molar-refractivity contribution in [1.82, 2.24) is 15.1 Å². The van der Waals surface area contributed by atoms with Gasteiger partial charge in [-0.3, -0.25) is 4.68 Å². The van der Waals surface area contributed by atoms with E-state index in [0.29, 0.717) is 6.04 Å². The molecule has 0 aromatic carbocycles. The second kappa shape index (κ2) is 6.20. The van der Waals surface area contributed by atoms with Crippen molar-refractivity contribution in [3.05, 3.63) is 17.5 Å². The van der Waals surface area contributed by atoms with Crippen molar-refractivity contribution in [2.45, 2.75) is 65.0 Å². The average Bonchev–Trinajstić information content (AvgIpc) is 2.97. The molecule has 0 saturated heterocycles. The van der Waals surface area contributed by atoms with Crippen LogP contribution >= 0.6 is 0 Å². The van der Waals surface area contributed by atoms with Gasteiger partial charge in [0.1, 0.15) is 0 Å². The highest BCUT2D eigenvalue weighted by atomic mass is 15.3. The standard InChI is InChI=1S/C14H25N3/c1-3-9-15-10-12-11-16-17(14(12)4-2)13-7-5-6-8-13/h11,13,15H,3-10H2,1-2H3. The first-order valence-corrected chi connectivity index (χ1v) is 7.12. The first-order valence-electron chi connectivity index (χ1n) is 7.12. The topological polar surface area (TPSA) is 29.9 Å². The highest BCUT2D eigenvalue weighted by Gasteiger charge is 2.20. The van der Waals surface area contributed by atoms with Gasteiger partial charge in [-0.05, 0) is 32.2 Å². The molecular weight excluding hydrogens is 210 g/mol. The van der Waals surface area contributed by atoms with E-state index in [1.807, 2.05) is 0 Å². The number of nitrogens with zero attached hydrogens (tertiary/aromatic N) is 2. The summed E-state index contributed by atoms with van der Waals surface area (Å²) in [5, 5.41) is 8.10. The van der Waals surface area contributed by atoms with Crippen LogP contribution in [0.4, 0.5) is 0 Å². The molecule has 0 amide bonds. The summed E-state index contributed by atoms with van der Waals surface area (Å²) in [6.45, 7) is 6.52. The lowest BCUT2D eigenvalue weighted by Gasteiger charge is -2.14. The van der Waals surface area contributed by atoms with Crippen LogP contribution in [0, 0.1) is 0 Å². The van der Waals surface area contributed by atoms with E-state index < -0.39 is 0 Å². The number of aromatic nitrogens is 2. The monoisotopic (exact) mass is 235 g/mol. The highest BCUT2D eigenvalue weighted by Crippen LogP contribution is 2.30. The van der Waals surface area contributed by atoms with Gasteiger partial charge in [0, 0.05) is 17.8 Å². The number of nitrogens with one attached hydrogen (secondary N) is 1. The second-order valence-corrected chi connectivity index (χ2v) is 5.03. The van der Waals surface area contributed by atoms with E-state index in [0.717, 1.165) is 19.5 Å². The van der Waals surface area contributed by atoms with Crippen LogP contribution < -0.4 is 5.32 Å². The summed E-state index contributed by atoms with van der Waals surface area (Å²) in [4.78, 5) is 0. The maximum absolute atomic E-state index is 4.62. The Morgan fingerprint density at radius 3 is 2.76 bits per heavy atom. The summed E-state index contributed by atoms with van der Waals surface area (Å²) in [7, 11) is 0. The number of hydrogen-bond acceptors (Lipinski definition) is 2. The molecule has 17 heavy (non-hydrogen) atoms. The molecule has 1 N–H and O–H groups in total. The van der Waals surface area contributed by atoms with Crippen LogP contribution in [-0.4, -0.2) is 16.3 Å². The van der Waals surface area contributed by atoms with Gasteiger partial charge in [-0.1, -0.05) is 26.7 Å². The second-order valence-electron chi connectivity index (χ2n) is 5.03. The van der Waals surface area contributed by atoms with Crippen LogP contribution in [0.2, 0.25) is 0 Å². The molecule has 3 nitrogen and oxygen atoms in total. The number of rotatable bonds is 6. The maximum atomic E-state index is 4.62.